The highest BCUT2D eigenvalue weighted by molar-refractivity contribution is 7.92. The maximum atomic E-state index is 13.4. The molecule has 0 aliphatic heterocycles. The molecule has 0 aliphatic rings. The molecule has 2 rings (SSSR count). The van der Waals surface area contributed by atoms with Gasteiger partial charge in [0.25, 0.3) is 5.91 Å². The van der Waals surface area contributed by atoms with Gasteiger partial charge < -0.3 is 10.1 Å². The second-order valence-corrected chi connectivity index (χ2v) is 6.50. The van der Waals surface area contributed by atoms with Gasteiger partial charge in [-0.05, 0) is 36.4 Å². The van der Waals surface area contributed by atoms with Crippen LogP contribution in [0.4, 0.5) is 15.8 Å². The molecular weight excluding hydrogens is 323 g/mol. The van der Waals surface area contributed by atoms with Gasteiger partial charge in [0.05, 0.1) is 24.7 Å². The number of carbonyl (C=O) groups is 1. The van der Waals surface area contributed by atoms with Crippen LogP contribution in [0.5, 0.6) is 5.75 Å². The summed E-state index contributed by atoms with van der Waals surface area (Å²) in [5.74, 6) is -0.637. The highest BCUT2D eigenvalue weighted by atomic mass is 32.2. The van der Waals surface area contributed by atoms with Gasteiger partial charge in [0.2, 0.25) is 10.0 Å². The molecule has 122 valence electrons. The molecule has 0 unspecified atom stereocenters. The summed E-state index contributed by atoms with van der Waals surface area (Å²) in [6.45, 7) is 0. The molecular formula is C15H15FN2O4S. The van der Waals surface area contributed by atoms with Crippen molar-refractivity contribution in [2.45, 2.75) is 0 Å². The highest BCUT2D eigenvalue weighted by Gasteiger charge is 2.13. The number of ether oxygens (including phenoxy) is 1. The van der Waals surface area contributed by atoms with Gasteiger partial charge in [-0.15, -0.1) is 0 Å². The minimum absolute atomic E-state index is 0.0169. The number of halogens is 1. The number of amides is 1. The molecule has 2 N–H and O–H groups in total. The van der Waals surface area contributed by atoms with Crippen LogP contribution in [0, 0.1) is 5.82 Å². The topological polar surface area (TPSA) is 84.5 Å². The number of rotatable bonds is 5. The van der Waals surface area contributed by atoms with Crippen molar-refractivity contribution in [1.29, 1.82) is 0 Å². The number of methoxy groups -OCH3 is 1. The lowest BCUT2D eigenvalue weighted by atomic mass is 10.2. The maximum absolute atomic E-state index is 13.4. The summed E-state index contributed by atoms with van der Waals surface area (Å²) >= 11 is 0. The third-order valence-corrected chi connectivity index (χ3v) is 3.45. The third kappa shape index (κ3) is 4.68. The van der Waals surface area contributed by atoms with Gasteiger partial charge in [0.15, 0.2) is 0 Å². The Morgan fingerprint density at radius 2 is 1.87 bits per heavy atom. The summed E-state index contributed by atoms with van der Waals surface area (Å²) < 4.78 is 43.3. The number of hydrogen-bond acceptors (Lipinski definition) is 4. The summed E-state index contributed by atoms with van der Waals surface area (Å²) in [5.41, 5.74) is 0.382. The first-order chi connectivity index (χ1) is 10.8. The van der Waals surface area contributed by atoms with Gasteiger partial charge in [-0.25, -0.2) is 12.8 Å². The minimum atomic E-state index is -3.57. The molecule has 23 heavy (non-hydrogen) atoms. The van der Waals surface area contributed by atoms with Crippen LogP contribution in [-0.4, -0.2) is 27.7 Å². The standard InChI is InChI=1S/C15H15FN2O4S/c1-22-12-5-3-4-10(8-12)15(19)17-14-9-11(16)6-7-13(14)18-23(2,20)21/h3-9,18H,1-2H3,(H,17,19). The Bertz CT molecular complexity index is 837. The molecule has 0 bridgehead atoms. The van der Waals surface area contributed by atoms with E-state index in [0.717, 1.165) is 18.4 Å². The van der Waals surface area contributed by atoms with Crippen molar-refractivity contribution >= 4 is 27.3 Å². The first-order valence-electron chi connectivity index (χ1n) is 6.51. The van der Waals surface area contributed by atoms with E-state index < -0.39 is 21.7 Å². The number of nitrogens with one attached hydrogen (secondary N) is 2. The average molecular weight is 338 g/mol. The molecule has 0 saturated heterocycles. The van der Waals surface area contributed by atoms with E-state index in [-0.39, 0.29) is 11.4 Å². The van der Waals surface area contributed by atoms with E-state index in [4.69, 9.17) is 4.74 Å². The third-order valence-electron chi connectivity index (χ3n) is 2.86. The van der Waals surface area contributed by atoms with Gasteiger partial charge in [0.1, 0.15) is 11.6 Å². The number of hydrogen-bond donors (Lipinski definition) is 2. The lowest BCUT2D eigenvalue weighted by Gasteiger charge is -2.12. The van der Waals surface area contributed by atoms with Crippen molar-refractivity contribution in [3.63, 3.8) is 0 Å². The Kier molecular flexibility index (Phi) is 4.85. The van der Waals surface area contributed by atoms with Crippen molar-refractivity contribution in [2.75, 3.05) is 23.4 Å². The van der Waals surface area contributed by atoms with E-state index in [0.29, 0.717) is 11.3 Å². The van der Waals surface area contributed by atoms with Crippen LogP contribution in [0.1, 0.15) is 10.4 Å². The largest absolute Gasteiger partial charge is 0.497 e. The van der Waals surface area contributed by atoms with Crippen LogP contribution in [0.2, 0.25) is 0 Å². The molecule has 0 heterocycles. The van der Waals surface area contributed by atoms with E-state index in [1.807, 2.05) is 0 Å². The van der Waals surface area contributed by atoms with Gasteiger partial charge in [-0.2, -0.15) is 0 Å². The number of carbonyl (C=O) groups excluding carboxylic acids is 1. The zero-order valence-electron chi connectivity index (χ0n) is 12.5. The minimum Gasteiger partial charge on any atom is -0.497 e. The summed E-state index contributed by atoms with van der Waals surface area (Å²) in [5, 5.41) is 2.48. The maximum Gasteiger partial charge on any atom is 0.255 e. The van der Waals surface area contributed by atoms with Crippen molar-refractivity contribution in [1.82, 2.24) is 0 Å². The molecule has 0 spiro atoms. The SMILES string of the molecule is COc1cccc(C(=O)Nc2cc(F)ccc2NS(C)(=O)=O)c1. The smallest absolute Gasteiger partial charge is 0.255 e. The van der Waals surface area contributed by atoms with Crippen molar-refractivity contribution in [3.8, 4) is 5.75 Å². The van der Waals surface area contributed by atoms with Gasteiger partial charge in [-0.3, -0.25) is 9.52 Å². The Balaban J connectivity index is 2.31. The molecule has 2 aromatic carbocycles. The summed E-state index contributed by atoms with van der Waals surface area (Å²) in [6.07, 6.45) is 0.962. The Hall–Kier alpha value is -2.61. The van der Waals surface area contributed by atoms with E-state index in [1.54, 1.807) is 18.2 Å². The number of anilines is 2. The van der Waals surface area contributed by atoms with E-state index in [1.165, 1.54) is 19.2 Å². The first kappa shape index (κ1) is 16.8. The van der Waals surface area contributed by atoms with E-state index in [2.05, 4.69) is 10.0 Å². The van der Waals surface area contributed by atoms with Crippen molar-refractivity contribution in [3.05, 3.63) is 53.8 Å². The molecule has 0 atom stereocenters. The van der Waals surface area contributed by atoms with Crippen LogP contribution < -0.4 is 14.8 Å². The molecule has 2 aromatic rings. The van der Waals surface area contributed by atoms with Gasteiger partial charge >= 0.3 is 0 Å². The van der Waals surface area contributed by atoms with Crippen molar-refractivity contribution < 1.29 is 22.3 Å². The fourth-order valence-corrected chi connectivity index (χ4v) is 2.44. The molecule has 0 aliphatic carbocycles. The van der Waals surface area contributed by atoms with Crippen LogP contribution >= 0.6 is 0 Å². The molecule has 0 saturated carbocycles. The monoisotopic (exact) mass is 338 g/mol. The van der Waals surface area contributed by atoms with Crippen LogP contribution in [0.3, 0.4) is 0 Å². The van der Waals surface area contributed by atoms with Gasteiger partial charge in [-0.1, -0.05) is 6.07 Å². The van der Waals surface area contributed by atoms with Gasteiger partial charge in [0, 0.05) is 5.56 Å². The average Bonchev–Trinajstić information content (AvgIpc) is 2.49. The summed E-state index contributed by atoms with van der Waals surface area (Å²) in [6, 6.07) is 9.74. The molecule has 8 heteroatoms. The predicted molar refractivity (Wildman–Crippen MR) is 85.8 cm³/mol. The quantitative estimate of drug-likeness (QED) is 0.877. The van der Waals surface area contributed by atoms with Crippen molar-refractivity contribution in [2.24, 2.45) is 0 Å². The second kappa shape index (κ2) is 6.66. The zero-order valence-corrected chi connectivity index (χ0v) is 13.3. The summed E-state index contributed by atoms with van der Waals surface area (Å²) in [7, 11) is -2.10. The number of benzene rings is 2. The molecule has 1 amide bonds. The van der Waals surface area contributed by atoms with Crippen LogP contribution in [0.25, 0.3) is 0 Å². The van der Waals surface area contributed by atoms with Crippen LogP contribution in [-0.2, 0) is 10.0 Å². The lowest BCUT2D eigenvalue weighted by molar-refractivity contribution is 0.102. The Labute approximate surface area is 133 Å². The Morgan fingerprint density at radius 1 is 1.13 bits per heavy atom. The molecule has 0 aromatic heterocycles. The van der Waals surface area contributed by atoms with E-state index in [9.17, 15) is 17.6 Å². The Morgan fingerprint density at radius 3 is 2.52 bits per heavy atom. The zero-order chi connectivity index (χ0) is 17.0. The molecule has 0 fully saturated rings. The predicted octanol–water partition coefficient (Wildman–Crippen LogP) is 2.46. The normalized spacial score (nSPS) is 10.9. The fourth-order valence-electron chi connectivity index (χ4n) is 1.87. The van der Waals surface area contributed by atoms with Crippen LogP contribution in [0.15, 0.2) is 42.5 Å². The second-order valence-electron chi connectivity index (χ2n) is 4.75. The first-order valence-corrected chi connectivity index (χ1v) is 8.40. The highest BCUT2D eigenvalue weighted by Crippen LogP contribution is 2.25. The van der Waals surface area contributed by atoms with E-state index >= 15 is 0 Å². The fraction of sp³-hybridized carbons (Fsp3) is 0.133. The summed E-state index contributed by atoms with van der Waals surface area (Å²) in [4.78, 5) is 12.2. The molecule has 0 radical (unpaired) electrons. The lowest BCUT2D eigenvalue weighted by Crippen LogP contribution is -2.16. The molecule has 6 nitrogen and oxygen atoms in total. The number of sulfonamides is 1.